The van der Waals surface area contributed by atoms with Gasteiger partial charge in [-0.25, -0.2) is 4.39 Å². The monoisotopic (exact) mass is 460 g/mol. The minimum Gasteiger partial charge on any atom is -0.493 e. The number of nitrogens with one attached hydrogen (secondary N) is 1. The molecule has 2 N–H and O–H groups in total. The summed E-state index contributed by atoms with van der Waals surface area (Å²) in [4.78, 5) is 8.62. The molecule has 3 rings (SSSR count). The van der Waals surface area contributed by atoms with Crippen LogP contribution in [0.1, 0.15) is 30.4 Å². The number of unbranched alkanes of at least 4 members (excludes halogenated alkanes) is 1. The van der Waals surface area contributed by atoms with Gasteiger partial charge in [-0.15, -0.1) is 9.42 Å². The Balaban J connectivity index is 1.49. The molecule has 0 saturated carbocycles. The lowest BCUT2D eigenvalue weighted by molar-refractivity contribution is 0.276. The maximum Gasteiger partial charge on any atom is 0.694 e. The van der Waals surface area contributed by atoms with E-state index in [0.29, 0.717) is 26.1 Å². The number of hydrogen-bond donors (Lipinski definition) is 2. The Bertz CT molecular complexity index is 963. The summed E-state index contributed by atoms with van der Waals surface area (Å²) >= 11 is 0. The molecular formula is C24H28FNO5P+. The van der Waals surface area contributed by atoms with Crippen LogP contribution in [-0.2, 0) is 22.1 Å². The number of hydrogen-bond acceptors (Lipinski definition) is 5. The van der Waals surface area contributed by atoms with Crippen LogP contribution in [0.5, 0.6) is 5.75 Å². The summed E-state index contributed by atoms with van der Waals surface area (Å²) in [5, 5.41) is 3.29. The summed E-state index contributed by atoms with van der Waals surface area (Å²) in [6.45, 7) is 2.15. The van der Waals surface area contributed by atoms with Crippen LogP contribution >= 0.6 is 8.25 Å². The van der Waals surface area contributed by atoms with Gasteiger partial charge in [0.05, 0.1) is 18.4 Å². The van der Waals surface area contributed by atoms with Gasteiger partial charge in [-0.1, -0.05) is 18.2 Å². The Labute approximate surface area is 188 Å². The molecule has 0 saturated heterocycles. The summed E-state index contributed by atoms with van der Waals surface area (Å²) in [7, 11) is -2.53. The van der Waals surface area contributed by atoms with Crippen molar-refractivity contribution in [3.8, 4) is 17.1 Å². The number of aryl methyl sites for hydroxylation is 1. The number of ether oxygens (including phenoxy) is 1. The molecule has 170 valence electrons. The molecule has 0 aliphatic heterocycles. The fraction of sp³-hybridized carbons (Fsp3) is 0.333. The van der Waals surface area contributed by atoms with Crippen LogP contribution < -0.4 is 10.1 Å². The Morgan fingerprint density at radius 2 is 1.81 bits per heavy atom. The van der Waals surface area contributed by atoms with E-state index in [2.05, 4.69) is 9.84 Å². The fourth-order valence-electron chi connectivity index (χ4n) is 3.27. The van der Waals surface area contributed by atoms with Crippen LogP contribution in [0.4, 0.5) is 4.39 Å². The Morgan fingerprint density at radius 1 is 1.00 bits per heavy atom. The van der Waals surface area contributed by atoms with Crippen LogP contribution in [0.2, 0.25) is 0 Å². The molecule has 1 unspecified atom stereocenters. The maximum absolute atomic E-state index is 13.0. The third kappa shape index (κ3) is 8.17. The quantitative estimate of drug-likeness (QED) is 0.240. The number of halogens is 1. The van der Waals surface area contributed by atoms with E-state index in [1.165, 1.54) is 12.1 Å². The van der Waals surface area contributed by atoms with Gasteiger partial charge in [0.2, 0.25) is 0 Å². The zero-order chi connectivity index (χ0) is 22.6. The van der Waals surface area contributed by atoms with E-state index in [1.54, 1.807) is 6.26 Å². The molecule has 1 heterocycles. The predicted octanol–water partition coefficient (Wildman–Crippen LogP) is 5.63. The number of benzene rings is 2. The standard InChI is InChI=1S/C24H27FNO5P/c25-21-10-7-19(8-11-21)5-1-2-14-29-24-12-9-20(17-22(24)23-6-3-15-30-23)18-26-13-4-16-31-32(27)28/h3,6-12,15,17,26H,1-2,4-5,13-14,16,18H2/p+1. The second-order valence-electron chi connectivity index (χ2n) is 7.34. The van der Waals surface area contributed by atoms with E-state index in [-0.39, 0.29) is 12.4 Å². The molecule has 0 bridgehead atoms. The van der Waals surface area contributed by atoms with Crippen molar-refractivity contribution in [2.45, 2.75) is 32.2 Å². The minimum absolute atomic E-state index is 0.213. The summed E-state index contributed by atoms with van der Waals surface area (Å²) in [6.07, 6.45) is 5.02. The third-order valence-electron chi connectivity index (χ3n) is 4.89. The lowest BCUT2D eigenvalue weighted by Gasteiger charge is -2.13. The van der Waals surface area contributed by atoms with Gasteiger partial charge in [0.25, 0.3) is 0 Å². The minimum atomic E-state index is -2.53. The molecule has 0 radical (unpaired) electrons. The molecule has 32 heavy (non-hydrogen) atoms. The molecule has 0 spiro atoms. The topological polar surface area (TPSA) is 80.9 Å². The molecule has 8 heteroatoms. The Kier molecular flexibility index (Phi) is 9.85. The summed E-state index contributed by atoms with van der Waals surface area (Å²) in [5.74, 6) is 1.30. The van der Waals surface area contributed by atoms with Crippen molar-refractivity contribution < 1.29 is 27.5 Å². The van der Waals surface area contributed by atoms with Crippen LogP contribution in [0, 0.1) is 5.82 Å². The van der Waals surface area contributed by atoms with E-state index in [4.69, 9.17) is 14.0 Å². The van der Waals surface area contributed by atoms with Gasteiger partial charge < -0.3 is 14.5 Å². The highest BCUT2D eigenvalue weighted by Crippen LogP contribution is 2.31. The van der Waals surface area contributed by atoms with E-state index < -0.39 is 8.25 Å². The van der Waals surface area contributed by atoms with E-state index in [9.17, 15) is 8.96 Å². The lowest BCUT2D eigenvalue weighted by atomic mass is 10.1. The van der Waals surface area contributed by atoms with Crippen molar-refractivity contribution in [2.24, 2.45) is 0 Å². The van der Waals surface area contributed by atoms with Gasteiger partial charge in [0, 0.05) is 11.1 Å². The van der Waals surface area contributed by atoms with E-state index in [0.717, 1.165) is 47.5 Å². The van der Waals surface area contributed by atoms with E-state index in [1.807, 2.05) is 42.5 Å². The zero-order valence-corrected chi connectivity index (χ0v) is 18.7. The summed E-state index contributed by atoms with van der Waals surface area (Å²) in [5.41, 5.74) is 3.10. The van der Waals surface area contributed by atoms with Crippen molar-refractivity contribution in [2.75, 3.05) is 19.8 Å². The molecule has 1 atom stereocenters. The van der Waals surface area contributed by atoms with Gasteiger partial charge >= 0.3 is 8.25 Å². The van der Waals surface area contributed by atoms with E-state index >= 15 is 0 Å². The molecule has 0 aliphatic rings. The normalized spacial score (nSPS) is 11.5. The van der Waals surface area contributed by atoms with Crippen molar-refractivity contribution >= 4 is 8.25 Å². The first-order valence-corrected chi connectivity index (χ1v) is 11.8. The van der Waals surface area contributed by atoms with Gasteiger partial charge in [-0.2, -0.15) is 0 Å². The van der Waals surface area contributed by atoms with Crippen molar-refractivity contribution in [3.63, 3.8) is 0 Å². The van der Waals surface area contributed by atoms with Gasteiger partial charge in [-0.05, 0) is 79.8 Å². The SMILES string of the molecule is O=[P+](O)OCCCNCc1ccc(OCCCCc2ccc(F)cc2)c(-c2ccco2)c1. The van der Waals surface area contributed by atoms with Crippen LogP contribution in [-0.4, -0.2) is 24.7 Å². The van der Waals surface area contributed by atoms with Crippen molar-refractivity contribution in [3.05, 3.63) is 77.8 Å². The van der Waals surface area contributed by atoms with Crippen molar-refractivity contribution in [1.29, 1.82) is 0 Å². The summed E-state index contributed by atoms with van der Waals surface area (Å²) < 4.78 is 39.8. The molecule has 1 aromatic heterocycles. The third-order valence-corrected chi connectivity index (χ3v) is 5.29. The molecule has 0 aliphatic carbocycles. The average Bonchev–Trinajstić information content (AvgIpc) is 3.32. The van der Waals surface area contributed by atoms with Gasteiger partial charge in [0.15, 0.2) is 0 Å². The molecule has 3 aromatic rings. The van der Waals surface area contributed by atoms with Crippen LogP contribution in [0.15, 0.2) is 65.3 Å². The highest BCUT2D eigenvalue weighted by atomic mass is 31.1. The Hall–Kier alpha value is -2.57. The lowest BCUT2D eigenvalue weighted by Crippen LogP contribution is -2.16. The molecule has 0 amide bonds. The predicted molar refractivity (Wildman–Crippen MR) is 121 cm³/mol. The number of rotatable bonds is 14. The van der Waals surface area contributed by atoms with Gasteiger partial charge in [-0.3, -0.25) is 0 Å². The first kappa shape index (κ1) is 24.1. The Morgan fingerprint density at radius 3 is 2.56 bits per heavy atom. The zero-order valence-electron chi connectivity index (χ0n) is 17.8. The number of furan rings is 1. The second-order valence-corrected chi connectivity index (χ2v) is 8.08. The maximum atomic E-state index is 13.0. The summed E-state index contributed by atoms with van der Waals surface area (Å²) in [6, 6.07) is 16.4. The van der Waals surface area contributed by atoms with Gasteiger partial charge in [0.1, 0.15) is 23.9 Å². The highest BCUT2D eigenvalue weighted by molar-refractivity contribution is 7.32. The first-order chi connectivity index (χ1) is 15.6. The highest BCUT2D eigenvalue weighted by Gasteiger charge is 2.12. The van der Waals surface area contributed by atoms with Crippen LogP contribution in [0.3, 0.4) is 0 Å². The smallest absolute Gasteiger partial charge is 0.493 e. The molecule has 2 aromatic carbocycles. The van der Waals surface area contributed by atoms with Crippen molar-refractivity contribution in [1.82, 2.24) is 5.32 Å². The molecular weight excluding hydrogens is 432 g/mol. The molecule has 6 nitrogen and oxygen atoms in total. The largest absolute Gasteiger partial charge is 0.694 e. The average molecular weight is 460 g/mol. The van der Waals surface area contributed by atoms with Crippen LogP contribution in [0.25, 0.3) is 11.3 Å². The fourth-order valence-corrected chi connectivity index (χ4v) is 3.56. The molecule has 0 fully saturated rings. The second kappa shape index (κ2) is 13.1. The first-order valence-electron chi connectivity index (χ1n) is 10.7.